The number of carbonyl (C=O) groups excluding carboxylic acids is 2. The third-order valence-electron chi connectivity index (χ3n) is 5.36. The lowest BCUT2D eigenvalue weighted by Crippen LogP contribution is -2.25. The quantitative estimate of drug-likeness (QED) is 0.281. The molecule has 4 rings (SSSR count). The largest absolute Gasteiger partial charge is 0.399 e. The predicted octanol–water partition coefficient (Wildman–Crippen LogP) is 3.23. The summed E-state index contributed by atoms with van der Waals surface area (Å²) in [4.78, 5) is 25.8. The van der Waals surface area contributed by atoms with Gasteiger partial charge in [0.15, 0.2) is 11.6 Å². The second-order valence-corrected chi connectivity index (χ2v) is 8.80. The molecular formula is C22H19N3O5S. The van der Waals surface area contributed by atoms with Gasteiger partial charge >= 0.3 is 0 Å². The number of anilines is 4. The molecule has 0 radical (unpaired) electrons. The van der Waals surface area contributed by atoms with E-state index in [1.165, 1.54) is 12.1 Å². The monoisotopic (exact) mass is 437 g/mol. The van der Waals surface area contributed by atoms with Crippen LogP contribution in [0.2, 0.25) is 0 Å². The SMILES string of the molecule is Cc1cc(Nc2cc(S(=O)(=O)O)c(N)c3c2C(=O)c2ccccc2C3=O)c(C)cc1N. The molecule has 158 valence electrons. The molecule has 3 aromatic rings. The Morgan fingerprint density at radius 1 is 0.839 bits per heavy atom. The van der Waals surface area contributed by atoms with Gasteiger partial charge in [0.25, 0.3) is 10.1 Å². The number of hydrogen-bond donors (Lipinski definition) is 4. The fraction of sp³-hybridized carbons (Fsp3) is 0.0909. The number of benzene rings is 3. The Bertz CT molecular complexity index is 1410. The molecular weight excluding hydrogens is 418 g/mol. The Labute approximate surface area is 178 Å². The molecule has 8 nitrogen and oxygen atoms in total. The number of aryl methyl sites for hydroxylation is 2. The summed E-state index contributed by atoms with van der Waals surface area (Å²) in [5, 5.41) is 3.03. The van der Waals surface area contributed by atoms with E-state index in [2.05, 4.69) is 5.32 Å². The minimum Gasteiger partial charge on any atom is -0.399 e. The summed E-state index contributed by atoms with van der Waals surface area (Å²) in [5.41, 5.74) is 14.1. The van der Waals surface area contributed by atoms with Crippen molar-refractivity contribution in [3.05, 3.63) is 75.8 Å². The van der Waals surface area contributed by atoms with E-state index in [0.717, 1.165) is 17.2 Å². The molecule has 0 fully saturated rings. The molecule has 0 saturated heterocycles. The first-order valence-electron chi connectivity index (χ1n) is 9.27. The first-order chi connectivity index (χ1) is 14.5. The summed E-state index contributed by atoms with van der Waals surface area (Å²) in [6.07, 6.45) is 0. The highest BCUT2D eigenvalue weighted by atomic mass is 32.2. The van der Waals surface area contributed by atoms with Crippen LogP contribution in [0.1, 0.15) is 43.0 Å². The number of carbonyl (C=O) groups is 2. The average molecular weight is 437 g/mol. The highest BCUT2D eigenvalue weighted by Crippen LogP contribution is 2.40. The van der Waals surface area contributed by atoms with Crippen molar-refractivity contribution in [3.8, 4) is 0 Å². The topological polar surface area (TPSA) is 153 Å². The maximum atomic E-state index is 13.3. The second-order valence-electron chi connectivity index (χ2n) is 7.41. The van der Waals surface area contributed by atoms with Crippen LogP contribution in [-0.4, -0.2) is 24.5 Å². The lowest BCUT2D eigenvalue weighted by atomic mass is 9.82. The molecule has 0 aliphatic heterocycles. The van der Waals surface area contributed by atoms with E-state index in [1.54, 1.807) is 38.1 Å². The van der Waals surface area contributed by atoms with Gasteiger partial charge in [0.2, 0.25) is 0 Å². The molecule has 31 heavy (non-hydrogen) atoms. The summed E-state index contributed by atoms with van der Waals surface area (Å²) in [6.45, 7) is 3.58. The maximum Gasteiger partial charge on any atom is 0.296 e. The van der Waals surface area contributed by atoms with E-state index in [9.17, 15) is 22.6 Å². The fourth-order valence-corrected chi connectivity index (χ4v) is 4.37. The zero-order valence-corrected chi connectivity index (χ0v) is 17.5. The standard InChI is InChI=1S/C22H19N3O5S/c1-10-8-15(11(2)7-14(10)23)25-16-9-17(31(28,29)30)20(24)19-18(16)21(26)12-5-3-4-6-13(12)22(19)27/h3-9,25H,23-24H2,1-2H3,(H,28,29,30). The number of nitrogens with one attached hydrogen (secondary N) is 1. The summed E-state index contributed by atoms with van der Waals surface area (Å²) in [5.74, 6) is -1.08. The molecule has 0 amide bonds. The van der Waals surface area contributed by atoms with Gasteiger partial charge < -0.3 is 16.8 Å². The normalized spacial score (nSPS) is 13.0. The van der Waals surface area contributed by atoms with Gasteiger partial charge in [-0.3, -0.25) is 14.1 Å². The highest BCUT2D eigenvalue weighted by molar-refractivity contribution is 7.86. The number of fused-ring (bicyclic) bond motifs is 2. The van der Waals surface area contributed by atoms with Gasteiger partial charge in [0, 0.05) is 22.5 Å². The molecule has 1 aliphatic rings. The predicted molar refractivity (Wildman–Crippen MR) is 118 cm³/mol. The Kier molecular flexibility index (Phi) is 4.60. The molecule has 3 aromatic carbocycles. The summed E-state index contributed by atoms with van der Waals surface area (Å²) >= 11 is 0. The molecule has 0 heterocycles. The van der Waals surface area contributed by atoms with Crippen LogP contribution in [-0.2, 0) is 10.1 Å². The van der Waals surface area contributed by atoms with Crippen molar-refractivity contribution in [3.63, 3.8) is 0 Å². The van der Waals surface area contributed by atoms with E-state index in [4.69, 9.17) is 11.5 Å². The highest BCUT2D eigenvalue weighted by Gasteiger charge is 2.36. The number of ketones is 2. The molecule has 0 saturated carbocycles. The summed E-state index contributed by atoms with van der Waals surface area (Å²) in [7, 11) is -4.77. The molecule has 6 N–H and O–H groups in total. The zero-order chi connectivity index (χ0) is 22.7. The maximum absolute atomic E-state index is 13.3. The Morgan fingerprint density at radius 3 is 2.00 bits per heavy atom. The van der Waals surface area contributed by atoms with Gasteiger partial charge in [-0.25, -0.2) is 0 Å². The minimum absolute atomic E-state index is 0.0388. The van der Waals surface area contributed by atoms with Crippen LogP contribution < -0.4 is 16.8 Å². The van der Waals surface area contributed by atoms with Crippen molar-refractivity contribution in [1.29, 1.82) is 0 Å². The first kappa shape index (κ1) is 20.6. The van der Waals surface area contributed by atoms with Gasteiger partial charge in [-0.1, -0.05) is 24.3 Å². The van der Waals surface area contributed by atoms with E-state index in [1.807, 2.05) is 0 Å². The van der Waals surface area contributed by atoms with Crippen LogP contribution in [0.3, 0.4) is 0 Å². The van der Waals surface area contributed by atoms with Crippen molar-refractivity contribution < 1.29 is 22.6 Å². The number of nitrogen functional groups attached to an aromatic ring is 2. The van der Waals surface area contributed by atoms with Crippen molar-refractivity contribution in [2.24, 2.45) is 0 Å². The lowest BCUT2D eigenvalue weighted by molar-refractivity contribution is 0.0980. The lowest BCUT2D eigenvalue weighted by Gasteiger charge is -2.24. The molecule has 9 heteroatoms. The smallest absolute Gasteiger partial charge is 0.296 e. The summed E-state index contributed by atoms with van der Waals surface area (Å²) < 4.78 is 33.7. The fourth-order valence-electron chi connectivity index (χ4n) is 3.72. The molecule has 0 unspecified atom stereocenters. The van der Waals surface area contributed by atoms with Gasteiger partial charge in [-0.2, -0.15) is 8.42 Å². The molecule has 0 bridgehead atoms. The zero-order valence-electron chi connectivity index (χ0n) is 16.7. The Morgan fingerprint density at radius 2 is 1.42 bits per heavy atom. The third kappa shape index (κ3) is 3.24. The van der Waals surface area contributed by atoms with Crippen LogP contribution in [0.15, 0.2) is 47.4 Å². The second kappa shape index (κ2) is 6.93. The number of hydrogen-bond acceptors (Lipinski definition) is 7. The van der Waals surface area contributed by atoms with Crippen LogP contribution in [0.25, 0.3) is 0 Å². The summed E-state index contributed by atoms with van der Waals surface area (Å²) in [6, 6.07) is 10.8. The number of nitrogens with two attached hydrogens (primary N) is 2. The Hall–Kier alpha value is -3.69. The molecule has 0 atom stereocenters. The van der Waals surface area contributed by atoms with Crippen LogP contribution >= 0.6 is 0 Å². The molecule has 1 aliphatic carbocycles. The van der Waals surface area contributed by atoms with Gasteiger partial charge in [0.1, 0.15) is 4.90 Å². The molecule has 0 aromatic heterocycles. The van der Waals surface area contributed by atoms with Crippen LogP contribution in [0.5, 0.6) is 0 Å². The Balaban J connectivity index is 2.04. The van der Waals surface area contributed by atoms with E-state index >= 15 is 0 Å². The van der Waals surface area contributed by atoms with Crippen molar-refractivity contribution in [2.75, 3.05) is 16.8 Å². The van der Waals surface area contributed by atoms with Gasteiger partial charge in [0.05, 0.1) is 22.5 Å². The van der Waals surface area contributed by atoms with E-state index in [0.29, 0.717) is 11.4 Å². The van der Waals surface area contributed by atoms with Crippen molar-refractivity contribution >= 4 is 44.4 Å². The van der Waals surface area contributed by atoms with E-state index < -0.39 is 32.3 Å². The minimum atomic E-state index is -4.77. The van der Waals surface area contributed by atoms with Crippen LogP contribution in [0, 0.1) is 13.8 Å². The van der Waals surface area contributed by atoms with Crippen molar-refractivity contribution in [2.45, 2.75) is 18.7 Å². The first-order valence-corrected chi connectivity index (χ1v) is 10.7. The van der Waals surface area contributed by atoms with Crippen LogP contribution in [0.4, 0.5) is 22.7 Å². The average Bonchev–Trinajstić information content (AvgIpc) is 2.70. The number of rotatable bonds is 3. The van der Waals surface area contributed by atoms with Gasteiger partial charge in [-0.15, -0.1) is 0 Å². The molecule has 0 spiro atoms. The van der Waals surface area contributed by atoms with Gasteiger partial charge in [-0.05, 0) is 43.2 Å². The van der Waals surface area contributed by atoms with E-state index in [-0.39, 0.29) is 27.9 Å². The third-order valence-corrected chi connectivity index (χ3v) is 6.25. The van der Waals surface area contributed by atoms with Crippen molar-refractivity contribution in [1.82, 2.24) is 0 Å².